The van der Waals surface area contributed by atoms with Crippen LogP contribution in [0.5, 0.6) is 0 Å². The molecule has 0 saturated heterocycles. The van der Waals surface area contributed by atoms with Crippen LogP contribution in [0, 0.1) is 0 Å². The maximum absolute atomic E-state index is 4.61. The number of halogens is 1. The van der Waals surface area contributed by atoms with Crippen LogP contribution in [0.25, 0.3) is 0 Å². The van der Waals surface area contributed by atoms with E-state index in [1.54, 1.807) is 0 Å². The molecule has 116 valence electrons. The molecule has 3 heteroatoms. The molecule has 1 heterocycles. The van der Waals surface area contributed by atoms with Gasteiger partial charge >= 0.3 is 0 Å². The second-order valence-corrected chi connectivity index (χ2v) is 6.27. The van der Waals surface area contributed by atoms with Gasteiger partial charge in [0.05, 0.1) is 5.69 Å². The Balaban J connectivity index is 1.78. The molecular weight excluding hydrogens is 348 g/mol. The fraction of sp³-hybridized carbons (Fsp3) is 0.150. The van der Waals surface area contributed by atoms with Crippen LogP contribution in [-0.2, 0) is 0 Å². The number of benzene rings is 2. The molecule has 0 aliphatic carbocycles. The van der Waals surface area contributed by atoms with E-state index in [0.29, 0.717) is 0 Å². The van der Waals surface area contributed by atoms with Crippen LogP contribution in [-0.4, -0.2) is 11.5 Å². The highest BCUT2D eigenvalue weighted by molar-refractivity contribution is 9.10. The number of aromatic nitrogens is 1. The van der Waals surface area contributed by atoms with E-state index in [1.807, 2.05) is 30.5 Å². The molecule has 2 nitrogen and oxygen atoms in total. The van der Waals surface area contributed by atoms with E-state index in [-0.39, 0.29) is 5.92 Å². The third-order valence-electron chi connectivity index (χ3n) is 3.85. The molecule has 1 N–H and O–H groups in total. The molecule has 1 atom stereocenters. The van der Waals surface area contributed by atoms with Gasteiger partial charge in [0, 0.05) is 28.8 Å². The average Bonchev–Trinajstić information content (AvgIpc) is 2.61. The quantitative estimate of drug-likeness (QED) is 0.624. The lowest BCUT2D eigenvalue weighted by Crippen LogP contribution is -2.11. The van der Waals surface area contributed by atoms with Gasteiger partial charge in [-0.15, -0.1) is 0 Å². The van der Waals surface area contributed by atoms with Crippen molar-refractivity contribution in [1.29, 1.82) is 0 Å². The number of nitrogens with zero attached hydrogens (tertiary/aromatic N) is 1. The summed E-state index contributed by atoms with van der Waals surface area (Å²) in [5.41, 5.74) is 3.54. The molecule has 0 aliphatic heterocycles. The molecular formula is C20H19BrN2. The summed E-state index contributed by atoms with van der Waals surface area (Å²) >= 11 is 3.65. The Morgan fingerprint density at radius 3 is 2.26 bits per heavy atom. The minimum Gasteiger partial charge on any atom is -0.385 e. The minimum atomic E-state index is 0.267. The number of hydrogen-bond acceptors (Lipinski definition) is 2. The summed E-state index contributed by atoms with van der Waals surface area (Å²) in [4.78, 5) is 4.61. The molecule has 3 rings (SSSR count). The van der Waals surface area contributed by atoms with Crippen LogP contribution in [0.1, 0.15) is 23.6 Å². The second-order valence-electron chi connectivity index (χ2n) is 5.42. The molecule has 0 fully saturated rings. The third-order valence-corrected chi connectivity index (χ3v) is 4.53. The summed E-state index contributed by atoms with van der Waals surface area (Å²) < 4.78 is 1.06. The molecule has 23 heavy (non-hydrogen) atoms. The van der Waals surface area contributed by atoms with Gasteiger partial charge in [0.2, 0.25) is 0 Å². The Labute approximate surface area is 145 Å². The Morgan fingerprint density at radius 2 is 1.57 bits per heavy atom. The maximum Gasteiger partial charge on any atom is 0.0620 e. The second kappa shape index (κ2) is 7.93. The summed E-state index contributed by atoms with van der Waals surface area (Å²) in [6.07, 6.45) is 2.84. The van der Waals surface area contributed by atoms with Crippen molar-refractivity contribution in [3.05, 3.63) is 94.7 Å². The van der Waals surface area contributed by atoms with E-state index >= 15 is 0 Å². The zero-order valence-corrected chi connectivity index (χ0v) is 14.4. The van der Waals surface area contributed by atoms with E-state index in [2.05, 4.69) is 74.8 Å². The number of rotatable bonds is 6. The molecule has 0 spiro atoms. The Kier molecular flexibility index (Phi) is 5.43. The molecule has 0 bridgehead atoms. The van der Waals surface area contributed by atoms with Crippen molar-refractivity contribution < 1.29 is 0 Å². The molecule has 0 unspecified atom stereocenters. The molecule has 0 aliphatic rings. The smallest absolute Gasteiger partial charge is 0.0620 e. The molecule has 3 aromatic rings. The van der Waals surface area contributed by atoms with Gasteiger partial charge in [0.1, 0.15) is 0 Å². The predicted molar refractivity (Wildman–Crippen MR) is 99.8 cm³/mol. The van der Waals surface area contributed by atoms with Gasteiger partial charge in [-0.05, 0) is 52.2 Å². The standard InChI is InChI=1S/C20H19BrN2/c21-19-12-7-14-23-20(19)18(16-8-3-1-4-9-16)13-15-22-17-10-5-2-6-11-17/h1-12,14,18,22H,13,15H2/t18-/m1/s1. The zero-order chi connectivity index (χ0) is 15.9. The van der Waals surface area contributed by atoms with Crippen LogP contribution in [0.15, 0.2) is 83.5 Å². The van der Waals surface area contributed by atoms with Gasteiger partial charge in [-0.25, -0.2) is 0 Å². The van der Waals surface area contributed by atoms with Crippen molar-refractivity contribution in [1.82, 2.24) is 4.98 Å². The van der Waals surface area contributed by atoms with Crippen LogP contribution < -0.4 is 5.32 Å². The maximum atomic E-state index is 4.61. The molecule has 1 aromatic heterocycles. The van der Waals surface area contributed by atoms with Crippen LogP contribution in [0.4, 0.5) is 5.69 Å². The van der Waals surface area contributed by atoms with Gasteiger partial charge in [-0.1, -0.05) is 48.5 Å². The number of pyridine rings is 1. The summed E-state index contributed by atoms with van der Waals surface area (Å²) in [6, 6.07) is 24.9. The van der Waals surface area contributed by atoms with Gasteiger partial charge in [-0.3, -0.25) is 4.98 Å². The van der Waals surface area contributed by atoms with Gasteiger partial charge in [0.25, 0.3) is 0 Å². The molecule has 0 radical (unpaired) electrons. The summed E-state index contributed by atoms with van der Waals surface area (Å²) in [5, 5.41) is 3.49. The SMILES string of the molecule is Brc1cccnc1[C@H](CCNc1ccccc1)c1ccccc1. The molecule has 2 aromatic carbocycles. The normalized spacial score (nSPS) is 11.9. The van der Waals surface area contributed by atoms with E-state index < -0.39 is 0 Å². The van der Waals surface area contributed by atoms with Crippen LogP contribution in [0.3, 0.4) is 0 Å². The zero-order valence-electron chi connectivity index (χ0n) is 12.8. The first-order chi connectivity index (χ1) is 11.3. The van der Waals surface area contributed by atoms with Crippen molar-refractivity contribution in [2.24, 2.45) is 0 Å². The number of para-hydroxylation sites is 1. The average molecular weight is 367 g/mol. The van der Waals surface area contributed by atoms with Crippen molar-refractivity contribution in [2.45, 2.75) is 12.3 Å². The fourth-order valence-corrected chi connectivity index (χ4v) is 3.25. The van der Waals surface area contributed by atoms with E-state index in [4.69, 9.17) is 0 Å². The van der Waals surface area contributed by atoms with Crippen molar-refractivity contribution in [3.63, 3.8) is 0 Å². The fourth-order valence-electron chi connectivity index (χ4n) is 2.72. The summed E-state index contributed by atoms with van der Waals surface area (Å²) in [7, 11) is 0. The minimum absolute atomic E-state index is 0.267. The highest BCUT2D eigenvalue weighted by Gasteiger charge is 2.17. The van der Waals surface area contributed by atoms with Gasteiger partial charge in [-0.2, -0.15) is 0 Å². The van der Waals surface area contributed by atoms with Gasteiger partial charge < -0.3 is 5.32 Å². The molecule has 0 saturated carbocycles. The first kappa shape index (κ1) is 15.8. The monoisotopic (exact) mass is 366 g/mol. The first-order valence-electron chi connectivity index (χ1n) is 7.79. The Morgan fingerprint density at radius 1 is 0.870 bits per heavy atom. The number of anilines is 1. The largest absolute Gasteiger partial charge is 0.385 e. The van der Waals surface area contributed by atoms with E-state index in [0.717, 1.165) is 28.8 Å². The third kappa shape index (κ3) is 4.20. The lowest BCUT2D eigenvalue weighted by atomic mass is 9.92. The van der Waals surface area contributed by atoms with E-state index in [9.17, 15) is 0 Å². The number of nitrogens with one attached hydrogen (secondary N) is 1. The van der Waals surface area contributed by atoms with Crippen LogP contribution >= 0.6 is 15.9 Å². The predicted octanol–water partition coefficient (Wildman–Crippen LogP) is 5.48. The highest BCUT2D eigenvalue weighted by atomic mass is 79.9. The van der Waals surface area contributed by atoms with Crippen LogP contribution in [0.2, 0.25) is 0 Å². The lowest BCUT2D eigenvalue weighted by molar-refractivity contribution is 0.718. The Hall–Kier alpha value is -2.13. The van der Waals surface area contributed by atoms with E-state index in [1.165, 1.54) is 5.56 Å². The Bertz CT molecular complexity index is 729. The number of hydrogen-bond donors (Lipinski definition) is 1. The lowest BCUT2D eigenvalue weighted by Gasteiger charge is -2.19. The van der Waals surface area contributed by atoms with Crippen molar-refractivity contribution in [2.75, 3.05) is 11.9 Å². The summed E-state index contributed by atoms with van der Waals surface area (Å²) in [6.45, 7) is 0.895. The van der Waals surface area contributed by atoms with Crippen molar-refractivity contribution >= 4 is 21.6 Å². The van der Waals surface area contributed by atoms with Crippen molar-refractivity contribution in [3.8, 4) is 0 Å². The topological polar surface area (TPSA) is 24.9 Å². The first-order valence-corrected chi connectivity index (χ1v) is 8.58. The summed E-state index contributed by atoms with van der Waals surface area (Å²) in [5.74, 6) is 0.267. The molecule has 0 amide bonds. The highest BCUT2D eigenvalue weighted by Crippen LogP contribution is 2.31. The van der Waals surface area contributed by atoms with Gasteiger partial charge in [0.15, 0.2) is 0 Å².